The number of nitrogens with zero attached hydrogens (tertiary/aromatic N) is 3. The van der Waals surface area contributed by atoms with E-state index in [1.54, 1.807) is 18.5 Å². The topological polar surface area (TPSA) is 62.7 Å². The monoisotopic (exact) mass is 363 g/mol. The number of pyridine rings is 1. The number of hydrogen-bond acceptors (Lipinski definition) is 5. The first-order valence-corrected chi connectivity index (χ1v) is 8.31. The van der Waals surface area contributed by atoms with Crippen LogP contribution in [0.15, 0.2) is 67.0 Å². The van der Waals surface area contributed by atoms with Crippen molar-refractivity contribution in [3.63, 3.8) is 0 Å². The highest BCUT2D eigenvalue weighted by Gasteiger charge is 2.09. The molecule has 2 aromatic heterocycles. The Labute approximate surface area is 154 Å². The van der Waals surface area contributed by atoms with Gasteiger partial charge in [0.2, 0.25) is 5.95 Å². The first kappa shape index (κ1) is 16.8. The molecule has 0 bridgehead atoms. The van der Waals surface area contributed by atoms with E-state index < -0.39 is 11.6 Å². The first-order chi connectivity index (χ1) is 13.2. The van der Waals surface area contributed by atoms with Gasteiger partial charge in [-0.2, -0.15) is 0 Å². The third-order valence-electron chi connectivity index (χ3n) is 3.99. The second-order valence-corrected chi connectivity index (χ2v) is 5.87. The van der Waals surface area contributed by atoms with Crippen molar-refractivity contribution < 1.29 is 8.78 Å². The van der Waals surface area contributed by atoms with Crippen molar-refractivity contribution >= 4 is 28.4 Å². The summed E-state index contributed by atoms with van der Waals surface area (Å²) in [5.41, 5.74) is 1.90. The SMILES string of the molecule is Fc1ccc(Nc2nccc3nc(NCc4ccccc4)ncc23)c(F)c1. The van der Waals surface area contributed by atoms with E-state index in [1.165, 1.54) is 12.1 Å². The Bertz CT molecular complexity index is 1090. The van der Waals surface area contributed by atoms with Crippen molar-refractivity contribution in [3.05, 3.63) is 84.2 Å². The van der Waals surface area contributed by atoms with Crippen LogP contribution in [0.2, 0.25) is 0 Å². The maximum atomic E-state index is 13.9. The Morgan fingerprint density at radius 3 is 2.59 bits per heavy atom. The van der Waals surface area contributed by atoms with Crippen LogP contribution in [0, 0.1) is 11.6 Å². The molecule has 0 radical (unpaired) electrons. The molecular weight excluding hydrogens is 348 g/mol. The van der Waals surface area contributed by atoms with Gasteiger partial charge in [0.1, 0.15) is 17.5 Å². The Hall–Kier alpha value is -3.61. The van der Waals surface area contributed by atoms with Gasteiger partial charge in [0.15, 0.2) is 0 Å². The van der Waals surface area contributed by atoms with Crippen molar-refractivity contribution in [2.75, 3.05) is 10.6 Å². The molecule has 2 N–H and O–H groups in total. The van der Waals surface area contributed by atoms with Gasteiger partial charge in [-0.15, -0.1) is 0 Å². The molecule has 0 aliphatic carbocycles. The van der Waals surface area contributed by atoms with Crippen molar-refractivity contribution in [1.82, 2.24) is 15.0 Å². The number of halogens is 2. The van der Waals surface area contributed by atoms with Crippen LogP contribution in [0.1, 0.15) is 5.56 Å². The van der Waals surface area contributed by atoms with E-state index in [2.05, 4.69) is 25.6 Å². The predicted molar refractivity (Wildman–Crippen MR) is 101 cm³/mol. The van der Waals surface area contributed by atoms with E-state index in [1.807, 2.05) is 30.3 Å². The Kier molecular flexibility index (Phi) is 4.57. The maximum absolute atomic E-state index is 13.9. The summed E-state index contributed by atoms with van der Waals surface area (Å²) in [6.45, 7) is 0.601. The third kappa shape index (κ3) is 3.82. The van der Waals surface area contributed by atoms with Gasteiger partial charge in [0, 0.05) is 25.0 Å². The van der Waals surface area contributed by atoms with E-state index in [0.29, 0.717) is 29.2 Å². The number of anilines is 3. The smallest absolute Gasteiger partial charge is 0.223 e. The summed E-state index contributed by atoms with van der Waals surface area (Å²) in [6.07, 6.45) is 3.19. The summed E-state index contributed by atoms with van der Waals surface area (Å²) >= 11 is 0. The van der Waals surface area contributed by atoms with Gasteiger partial charge in [0.05, 0.1) is 16.6 Å². The molecule has 0 saturated carbocycles. The number of rotatable bonds is 5. The van der Waals surface area contributed by atoms with Crippen LogP contribution in [0.4, 0.5) is 26.2 Å². The van der Waals surface area contributed by atoms with Crippen LogP contribution < -0.4 is 10.6 Å². The van der Waals surface area contributed by atoms with E-state index in [4.69, 9.17) is 0 Å². The van der Waals surface area contributed by atoms with Gasteiger partial charge in [-0.3, -0.25) is 0 Å². The lowest BCUT2D eigenvalue weighted by Crippen LogP contribution is -2.04. The molecule has 0 amide bonds. The fraction of sp³-hybridized carbons (Fsp3) is 0.0500. The van der Waals surface area contributed by atoms with E-state index in [-0.39, 0.29) is 5.69 Å². The average Bonchev–Trinajstić information content (AvgIpc) is 2.69. The molecule has 4 rings (SSSR count). The van der Waals surface area contributed by atoms with E-state index >= 15 is 0 Å². The van der Waals surface area contributed by atoms with Crippen LogP contribution in [0.3, 0.4) is 0 Å². The highest BCUT2D eigenvalue weighted by molar-refractivity contribution is 5.90. The van der Waals surface area contributed by atoms with E-state index in [0.717, 1.165) is 11.6 Å². The molecule has 0 saturated heterocycles. The fourth-order valence-electron chi connectivity index (χ4n) is 2.64. The largest absolute Gasteiger partial charge is 0.350 e. The van der Waals surface area contributed by atoms with Gasteiger partial charge in [-0.25, -0.2) is 23.7 Å². The molecular formula is C20H15F2N5. The Morgan fingerprint density at radius 2 is 1.78 bits per heavy atom. The predicted octanol–water partition coefficient (Wildman–Crippen LogP) is 4.66. The molecule has 27 heavy (non-hydrogen) atoms. The minimum Gasteiger partial charge on any atom is -0.350 e. The molecule has 0 spiro atoms. The molecule has 4 aromatic rings. The molecule has 0 aliphatic heterocycles. The van der Waals surface area contributed by atoms with Crippen molar-refractivity contribution in [1.29, 1.82) is 0 Å². The second-order valence-electron chi connectivity index (χ2n) is 5.87. The van der Waals surface area contributed by atoms with Gasteiger partial charge in [-0.1, -0.05) is 30.3 Å². The van der Waals surface area contributed by atoms with E-state index in [9.17, 15) is 8.78 Å². The molecule has 0 fully saturated rings. The first-order valence-electron chi connectivity index (χ1n) is 8.31. The molecule has 2 heterocycles. The van der Waals surface area contributed by atoms with Crippen LogP contribution in [0.25, 0.3) is 10.9 Å². The van der Waals surface area contributed by atoms with Gasteiger partial charge < -0.3 is 10.6 Å². The zero-order valence-electron chi connectivity index (χ0n) is 14.2. The summed E-state index contributed by atoms with van der Waals surface area (Å²) in [5, 5.41) is 6.67. The van der Waals surface area contributed by atoms with Crippen LogP contribution in [-0.2, 0) is 6.54 Å². The number of aromatic nitrogens is 3. The number of benzene rings is 2. The normalized spacial score (nSPS) is 10.7. The summed E-state index contributed by atoms with van der Waals surface area (Å²) in [7, 11) is 0. The summed E-state index contributed by atoms with van der Waals surface area (Å²) in [5.74, 6) is -0.457. The van der Waals surface area contributed by atoms with Gasteiger partial charge >= 0.3 is 0 Å². The average molecular weight is 363 g/mol. The quantitative estimate of drug-likeness (QED) is 0.540. The molecule has 5 nitrogen and oxygen atoms in total. The zero-order valence-corrected chi connectivity index (χ0v) is 14.2. The minimum absolute atomic E-state index is 0.127. The zero-order chi connectivity index (χ0) is 18.6. The molecule has 7 heteroatoms. The molecule has 134 valence electrons. The molecule has 0 atom stereocenters. The summed E-state index contributed by atoms with van der Waals surface area (Å²) in [4.78, 5) is 13.0. The lowest BCUT2D eigenvalue weighted by Gasteiger charge is -2.10. The molecule has 0 unspecified atom stereocenters. The fourth-order valence-corrected chi connectivity index (χ4v) is 2.64. The number of nitrogens with one attached hydrogen (secondary N) is 2. The van der Waals surface area contributed by atoms with Crippen molar-refractivity contribution in [3.8, 4) is 0 Å². The second kappa shape index (κ2) is 7.33. The standard InChI is InChI=1S/C20H15F2N5/c21-14-6-7-18(16(22)10-14)26-19-15-12-25-20(27-17(15)8-9-23-19)24-11-13-4-2-1-3-5-13/h1-10,12H,11H2,(H,23,26)(H,24,25,27). The highest BCUT2D eigenvalue weighted by Crippen LogP contribution is 2.25. The van der Waals surface area contributed by atoms with Crippen LogP contribution in [-0.4, -0.2) is 15.0 Å². The van der Waals surface area contributed by atoms with Gasteiger partial charge in [0.25, 0.3) is 0 Å². The molecule has 0 aliphatic rings. The van der Waals surface area contributed by atoms with Crippen LogP contribution in [0.5, 0.6) is 0 Å². The molecule has 2 aromatic carbocycles. The lowest BCUT2D eigenvalue weighted by atomic mass is 10.2. The number of hydrogen-bond donors (Lipinski definition) is 2. The summed E-state index contributed by atoms with van der Waals surface area (Å²) < 4.78 is 27.0. The minimum atomic E-state index is -0.698. The van der Waals surface area contributed by atoms with Crippen LogP contribution >= 0.6 is 0 Å². The Balaban J connectivity index is 1.58. The van der Waals surface area contributed by atoms with Gasteiger partial charge in [-0.05, 0) is 23.8 Å². The third-order valence-corrected chi connectivity index (χ3v) is 3.99. The van der Waals surface area contributed by atoms with Crippen molar-refractivity contribution in [2.24, 2.45) is 0 Å². The Morgan fingerprint density at radius 1 is 0.926 bits per heavy atom. The number of fused-ring (bicyclic) bond motifs is 1. The highest BCUT2D eigenvalue weighted by atomic mass is 19.1. The van der Waals surface area contributed by atoms with Crippen molar-refractivity contribution in [2.45, 2.75) is 6.54 Å². The lowest BCUT2D eigenvalue weighted by molar-refractivity contribution is 0.586. The summed E-state index contributed by atoms with van der Waals surface area (Å²) in [6, 6.07) is 15.0. The maximum Gasteiger partial charge on any atom is 0.223 e.